The molecule has 0 radical (unpaired) electrons. The molecule has 8 nitrogen and oxygen atoms in total. The lowest BCUT2D eigenvalue weighted by Crippen LogP contribution is -2.26. The summed E-state index contributed by atoms with van der Waals surface area (Å²) in [7, 11) is 1.39. The minimum atomic E-state index is -0.474. The first kappa shape index (κ1) is 25.5. The Morgan fingerprint density at radius 3 is 2.78 bits per heavy atom. The first-order chi connectivity index (χ1) is 17.5. The minimum Gasteiger partial charge on any atom is -0.469 e. The second kappa shape index (κ2) is 11.9. The number of esters is 1. The van der Waals surface area contributed by atoms with Gasteiger partial charge in [0.1, 0.15) is 23.0 Å². The zero-order valence-corrected chi connectivity index (χ0v) is 20.4. The summed E-state index contributed by atoms with van der Waals surface area (Å²) in [4.78, 5) is 30.5. The van der Waals surface area contributed by atoms with Crippen molar-refractivity contribution in [2.45, 2.75) is 57.4 Å². The molecule has 1 aliphatic heterocycles. The normalized spacial score (nSPS) is 15.4. The van der Waals surface area contributed by atoms with Crippen LogP contribution >= 0.6 is 0 Å². The molecule has 3 aromatic rings. The van der Waals surface area contributed by atoms with E-state index in [-0.39, 0.29) is 17.9 Å². The van der Waals surface area contributed by atoms with Crippen molar-refractivity contribution in [3.8, 4) is 0 Å². The highest BCUT2D eigenvalue weighted by Crippen LogP contribution is 2.36. The lowest BCUT2D eigenvalue weighted by Gasteiger charge is -2.26. The molecule has 36 heavy (non-hydrogen) atoms. The van der Waals surface area contributed by atoms with Crippen molar-refractivity contribution < 1.29 is 23.1 Å². The van der Waals surface area contributed by atoms with Gasteiger partial charge in [-0.15, -0.1) is 0 Å². The Labute approximate surface area is 208 Å². The number of methoxy groups -OCH3 is 1. The van der Waals surface area contributed by atoms with Gasteiger partial charge in [-0.25, -0.2) is 18.3 Å². The molecule has 1 N–H and O–H groups in total. The summed E-state index contributed by atoms with van der Waals surface area (Å²) in [6.45, 7) is 1.18. The smallest absolute Gasteiger partial charge is 0.305 e. The number of benzene rings is 1. The van der Waals surface area contributed by atoms with Crippen LogP contribution in [0, 0.1) is 11.6 Å². The van der Waals surface area contributed by atoms with Gasteiger partial charge in [0.2, 0.25) is 0 Å². The quantitative estimate of drug-likeness (QED) is 0.307. The second-order valence-corrected chi connectivity index (χ2v) is 8.98. The van der Waals surface area contributed by atoms with Gasteiger partial charge >= 0.3 is 5.97 Å². The molecule has 0 unspecified atom stereocenters. The van der Waals surface area contributed by atoms with Gasteiger partial charge in [0.15, 0.2) is 5.65 Å². The zero-order chi connectivity index (χ0) is 25.5. The van der Waals surface area contributed by atoms with Crippen molar-refractivity contribution in [2.75, 3.05) is 25.1 Å². The standard InChI is InChI=1S/C26H31F2N5O3/c1-36-24(34)9-5-3-2-4-6-13-29-26(35)20-17-30-33-15-12-23(31-25(20)33)32-14-7-8-22(32)19-16-18(27)10-11-21(19)28/h10-12,15-17,22H,2-9,13-14H2,1H3,(H,29,35)/t22-/m1/s1. The van der Waals surface area contributed by atoms with E-state index in [9.17, 15) is 18.4 Å². The molecule has 1 aliphatic rings. The number of amides is 1. The molecule has 1 amide bonds. The average Bonchev–Trinajstić information content (AvgIpc) is 3.53. The molecule has 0 spiro atoms. The largest absolute Gasteiger partial charge is 0.469 e. The third-order valence-electron chi connectivity index (χ3n) is 6.53. The maximum Gasteiger partial charge on any atom is 0.305 e. The van der Waals surface area contributed by atoms with Gasteiger partial charge in [0.25, 0.3) is 5.91 Å². The van der Waals surface area contributed by atoms with E-state index in [0.717, 1.165) is 50.7 Å². The summed E-state index contributed by atoms with van der Waals surface area (Å²) in [6, 6.07) is 4.96. The van der Waals surface area contributed by atoms with E-state index in [2.05, 4.69) is 20.1 Å². The van der Waals surface area contributed by atoms with Crippen LogP contribution in [-0.2, 0) is 9.53 Å². The molecule has 1 aromatic carbocycles. The number of unbranched alkanes of at least 4 members (excludes halogenated alkanes) is 4. The highest BCUT2D eigenvalue weighted by molar-refractivity contribution is 5.99. The van der Waals surface area contributed by atoms with Crippen molar-refractivity contribution in [2.24, 2.45) is 0 Å². The fraction of sp³-hybridized carbons (Fsp3) is 0.462. The number of ether oxygens (including phenoxy) is 1. The SMILES string of the molecule is COC(=O)CCCCCCCNC(=O)c1cnn2ccc(N3CCC[C@@H]3c3cc(F)ccc3F)nc12. The molecule has 192 valence electrons. The molecule has 1 fully saturated rings. The third kappa shape index (κ3) is 5.98. The first-order valence-corrected chi connectivity index (χ1v) is 12.4. The summed E-state index contributed by atoms with van der Waals surface area (Å²) in [6.07, 6.45) is 9.67. The zero-order valence-electron chi connectivity index (χ0n) is 20.4. The number of anilines is 1. The Bertz CT molecular complexity index is 1220. The number of hydrogen-bond donors (Lipinski definition) is 1. The molecule has 0 aliphatic carbocycles. The second-order valence-electron chi connectivity index (χ2n) is 8.98. The number of fused-ring (bicyclic) bond motifs is 1. The minimum absolute atomic E-state index is 0.186. The fourth-order valence-corrected chi connectivity index (χ4v) is 4.64. The van der Waals surface area contributed by atoms with Crippen LogP contribution in [0.2, 0.25) is 0 Å². The van der Waals surface area contributed by atoms with Crippen LogP contribution in [0.5, 0.6) is 0 Å². The maximum atomic E-state index is 14.5. The molecule has 2 aromatic heterocycles. The van der Waals surface area contributed by atoms with Crippen molar-refractivity contribution in [3.05, 3.63) is 59.4 Å². The fourth-order valence-electron chi connectivity index (χ4n) is 4.64. The molecule has 0 bridgehead atoms. The van der Waals surface area contributed by atoms with Gasteiger partial charge in [0.05, 0.1) is 19.3 Å². The van der Waals surface area contributed by atoms with Crippen LogP contribution in [0.3, 0.4) is 0 Å². The number of carbonyl (C=O) groups excluding carboxylic acids is 2. The Morgan fingerprint density at radius 1 is 1.14 bits per heavy atom. The van der Waals surface area contributed by atoms with Crippen LogP contribution < -0.4 is 10.2 Å². The van der Waals surface area contributed by atoms with Crippen LogP contribution in [0.1, 0.15) is 73.3 Å². The monoisotopic (exact) mass is 499 g/mol. The van der Waals surface area contributed by atoms with E-state index in [0.29, 0.717) is 48.5 Å². The number of hydrogen-bond acceptors (Lipinski definition) is 6. The average molecular weight is 500 g/mol. The molecule has 4 rings (SSSR count). The van der Waals surface area contributed by atoms with Gasteiger partial charge in [-0.2, -0.15) is 5.10 Å². The predicted octanol–water partition coefficient (Wildman–Crippen LogP) is 4.59. The number of rotatable bonds is 11. The van der Waals surface area contributed by atoms with E-state index in [1.54, 1.807) is 12.3 Å². The van der Waals surface area contributed by atoms with Crippen LogP contribution in [-0.4, -0.2) is 46.7 Å². The van der Waals surface area contributed by atoms with Crippen LogP contribution in [0.15, 0.2) is 36.7 Å². The van der Waals surface area contributed by atoms with E-state index in [1.807, 2.05) is 4.90 Å². The lowest BCUT2D eigenvalue weighted by molar-refractivity contribution is -0.140. The summed E-state index contributed by atoms with van der Waals surface area (Å²) < 4.78 is 34.4. The lowest BCUT2D eigenvalue weighted by atomic mass is 10.0. The third-order valence-corrected chi connectivity index (χ3v) is 6.53. The Hall–Kier alpha value is -3.56. The first-order valence-electron chi connectivity index (χ1n) is 12.4. The van der Waals surface area contributed by atoms with E-state index in [1.165, 1.54) is 23.9 Å². The Kier molecular flexibility index (Phi) is 8.45. The molecule has 10 heteroatoms. The Morgan fingerprint density at radius 2 is 1.94 bits per heavy atom. The topological polar surface area (TPSA) is 88.8 Å². The predicted molar refractivity (Wildman–Crippen MR) is 131 cm³/mol. The van der Waals surface area contributed by atoms with Crippen molar-refractivity contribution in [1.29, 1.82) is 0 Å². The van der Waals surface area contributed by atoms with Crippen molar-refractivity contribution in [1.82, 2.24) is 19.9 Å². The van der Waals surface area contributed by atoms with Crippen LogP contribution in [0.25, 0.3) is 5.65 Å². The number of halogens is 2. The molecule has 0 saturated carbocycles. The Balaban J connectivity index is 1.36. The number of nitrogens with one attached hydrogen (secondary N) is 1. The van der Waals surface area contributed by atoms with Crippen LogP contribution in [0.4, 0.5) is 14.6 Å². The number of nitrogens with zero attached hydrogens (tertiary/aromatic N) is 4. The van der Waals surface area contributed by atoms with Gasteiger partial charge in [-0.3, -0.25) is 9.59 Å². The van der Waals surface area contributed by atoms with E-state index in [4.69, 9.17) is 0 Å². The summed E-state index contributed by atoms with van der Waals surface area (Å²) >= 11 is 0. The van der Waals surface area contributed by atoms with E-state index < -0.39 is 11.6 Å². The number of carbonyl (C=O) groups is 2. The highest BCUT2D eigenvalue weighted by Gasteiger charge is 2.30. The summed E-state index contributed by atoms with van der Waals surface area (Å²) in [5.41, 5.74) is 1.09. The summed E-state index contributed by atoms with van der Waals surface area (Å²) in [5, 5.41) is 7.16. The highest BCUT2D eigenvalue weighted by atomic mass is 19.1. The van der Waals surface area contributed by atoms with Gasteiger partial charge < -0.3 is 15.0 Å². The number of aromatic nitrogens is 3. The summed E-state index contributed by atoms with van der Waals surface area (Å²) in [5.74, 6) is -0.765. The molecular formula is C26H31F2N5O3. The van der Waals surface area contributed by atoms with E-state index >= 15 is 0 Å². The van der Waals surface area contributed by atoms with Crippen molar-refractivity contribution in [3.63, 3.8) is 0 Å². The van der Waals surface area contributed by atoms with Gasteiger partial charge in [-0.1, -0.05) is 19.3 Å². The maximum absolute atomic E-state index is 14.5. The molecular weight excluding hydrogens is 468 g/mol. The van der Waals surface area contributed by atoms with Gasteiger partial charge in [-0.05, 0) is 49.9 Å². The molecule has 1 saturated heterocycles. The molecule has 3 heterocycles. The van der Waals surface area contributed by atoms with Gasteiger partial charge in [0, 0.05) is 31.3 Å². The molecule has 1 atom stereocenters. The van der Waals surface area contributed by atoms with Crippen molar-refractivity contribution >= 4 is 23.3 Å².